The summed E-state index contributed by atoms with van der Waals surface area (Å²) >= 11 is 0. The molecule has 1 spiro atoms. The highest BCUT2D eigenvalue weighted by atomic mass is 19.4. The summed E-state index contributed by atoms with van der Waals surface area (Å²) in [7, 11) is 0. The molecule has 324 valence electrons. The second-order valence-electron chi connectivity index (χ2n) is 18.1. The summed E-state index contributed by atoms with van der Waals surface area (Å²) in [5.74, 6) is -2.70. The van der Waals surface area contributed by atoms with Crippen molar-refractivity contribution in [1.82, 2.24) is 29.9 Å². The number of nitrogens with zero attached hydrogens (tertiary/aromatic N) is 5. The van der Waals surface area contributed by atoms with Gasteiger partial charge < -0.3 is 14.8 Å². The van der Waals surface area contributed by atoms with E-state index >= 15 is 4.39 Å². The molecule has 7 heterocycles. The lowest BCUT2D eigenvalue weighted by molar-refractivity contribution is -0.155. The summed E-state index contributed by atoms with van der Waals surface area (Å²) in [6, 6.07) is 13.6. The van der Waals surface area contributed by atoms with Gasteiger partial charge in [-0.25, -0.2) is 4.39 Å². The smallest absolute Gasteiger partial charge is 0.371 e. The molecular weight excluding hydrogens is 807 g/mol. The zero-order valence-corrected chi connectivity index (χ0v) is 34.3. The number of imide groups is 2. The molecule has 1 aromatic heterocycles. The topological polar surface area (TPSA) is 129 Å². The number of aromatic nitrogens is 1. The van der Waals surface area contributed by atoms with Gasteiger partial charge in [-0.15, -0.1) is 0 Å². The number of H-pyrrole nitrogens is 1. The Balaban J connectivity index is 0.751. The van der Waals surface area contributed by atoms with Crippen LogP contribution in [0.5, 0.6) is 0 Å². The number of hydrogen-bond acceptors (Lipinski definition) is 8. The molecule has 3 saturated heterocycles. The number of hydrogen-bond donors (Lipinski definition) is 2. The number of anilines is 1. The predicted molar refractivity (Wildman–Crippen MR) is 219 cm³/mol. The molecule has 6 aliphatic rings. The average molecular weight is 854 g/mol. The highest BCUT2D eigenvalue weighted by molar-refractivity contribution is 6.23. The zero-order chi connectivity index (χ0) is 43.2. The van der Waals surface area contributed by atoms with E-state index in [4.69, 9.17) is 0 Å². The summed E-state index contributed by atoms with van der Waals surface area (Å²) in [6.45, 7) is 4.36. The van der Waals surface area contributed by atoms with Crippen molar-refractivity contribution in [3.63, 3.8) is 0 Å². The molecule has 2 N–H and O–H groups in total. The first-order valence-corrected chi connectivity index (χ1v) is 21.5. The van der Waals surface area contributed by atoms with Crippen LogP contribution in [0.3, 0.4) is 0 Å². The highest BCUT2D eigenvalue weighted by Crippen LogP contribution is 2.45. The number of benzene rings is 3. The number of carbonyl (C=O) groups excluding carboxylic acids is 5. The molecule has 0 saturated carbocycles. The van der Waals surface area contributed by atoms with Gasteiger partial charge in [-0.3, -0.25) is 44.0 Å². The third-order valence-corrected chi connectivity index (χ3v) is 14.4. The summed E-state index contributed by atoms with van der Waals surface area (Å²) in [6.07, 6.45) is -0.442. The quantitative estimate of drug-likeness (QED) is 0.183. The molecule has 3 atom stereocenters. The van der Waals surface area contributed by atoms with Crippen LogP contribution in [0.1, 0.15) is 100 Å². The second kappa shape index (κ2) is 15.0. The van der Waals surface area contributed by atoms with Crippen LogP contribution >= 0.6 is 0 Å². The molecule has 1 unspecified atom stereocenters. The first-order chi connectivity index (χ1) is 29.6. The van der Waals surface area contributed by atoms with Crippen LogP contribution in [0.2, 0.25) is 0 Å². The fourth-order valence-electron chi connectivity index (χ4n) is 11.0. The van der Waals surface area contributed by atoms with E-state index < -0.39 is 60.3 Å². The molecule has 62 heavy (non-hydrogen) atoms. The number of fused-ring (bicyclic) bond motifs is 5. The average Bonchev–Trinajstić information content (AvgIpc) is 3.88. The van der Waals surface area contributed by atoms with Crippen LogP contribution in [0.4, 0.5) is 23.2 Å². The van der Waals surface area contributed by atoms with Crippen molar-refractivity contribution >= 4 is 46.1 Å². The fourth-order valence-corrected chi connectivity index (χ4v) is 11.0. The Hall–Kier alpha value is -5.61. The molecule has 3 aromatic carbocycles. The number of likely N-dealkylation sites (tertiary alicyclic amines) is 1. The lowest BCUT2D eigenvalue weighted by Gasteiger charge is -2.47. The summed E-state index contributed by atoms with van der Waals surface area (Å²) in [5, 5.41) is 3.16. The Morgan fingerprint density at radius 2 is 1.53 bits per heavy atom. The fraction of sp³-hybridized carbons (Fsp3) is 0.457. The normalized spacial score (nSPS) is 24.2. The van der Waals surface area contributed by atoms with Crippen molar-refractivity contribution < 1.29 is 41.5 Å². The minimum Gasteiger partial charge on any atom is -0.371 e. The van der Waals surface area contributed by atoms with Crippen molar-refractivity contribution in [2.45, 2.75) is 89.3 Å². The van der Waals surface area contributed by atoms with Crippen molar-refractivity contribution in [1.29, 1.82) is 0 Å². The number of halogens is 4. The number of piperidine rings is 3. The minimum absolute atomic E-state index is 0.0186. The molecule has 12 nitrogen and oxygen atoms in total. The van der Waals surface area contributed by atoms with Gasteiger partial charge in [0.15, 0.2) is 0 Å². The van der Waals surface area contributed by atoms with Gasteiger partial charge in [0.05, 0.1) is 30.3 Å². The van der Waals surface area contributed by atoms with Gasteiger partial charge in [-0.05, 0) is 97.9 Å². The molecular formula is C46H47F4N7O5. The maximum Gasteiger partial charge on any atom is 0.401 e. The SMILES string of the molecule is C[C@@H]1Cc2c([nH]c3ccccc23)[C@@H](c2ccc(N3CCC4(CCN(C(=O)CN5Cc6cc7c(cc6C5)C(=O)N(C5CCC(=O)NC5=O)C7=O)CC4)CC3)cc2F)N1CC(F)(F)F. The number of rotatable bonds is 6. The van der Waals surface area contributed by atoms with Gasteiger partial charge in [-0.1, -0.05) is 24.3 Å². The van der Waals surface area contributed by atoms with E-state index in [1.54, 1.807) is 25.1 Å². The Kier molecular flexibility index (Phi) is 9.81. The Morgan fingerprint density at radius 1 is 0.871 bits per heavy atom. The number of carbonyl (C=O) groups is 5. The second-order valence-corrected chi connectivity index (χ2v) is 18.1. The van der Waals surface area contributed by atoms with Crippen LogP contribution in [-0.4, -0.2) is 112 Å². The van der Waals surface area contributed by atoms with E-state index in [2.05, 4.69) is 15.2 Å². The molecule has 0 aliphatic carbocycles. The molecule has 3 fully saturated rings. The largest absolute Gasteiger partial charge is 0.401 e. The number of nitrogens with one attached hydrogen (secondary N) is 2. The number of amides is 5. The van der Waals surface area contributed by atoms with Crippen LogP contribution in [0, 0.1) is 11.2 Å². The molecule has 10 rings (SSSR count). The summed E-state index contributed by atoms with van der Waals surface area (Å²) < 4.78 is 58.1. The van der Waals surface area contributed by atoms with Crippen LogP contribution < -0.4 is 10.2 Å². The minimum atomic E-state index is -4.46. The van der Waals surface area contributed by atoms with Crippen LogP contribution in [-0.2, 0) is 33.9 Å². The van der Waals surface area contributed by atoms with Crippen molar-refractivity contribution in [3.05, 3.63) is 99.5 Å². The van der Waals surface area contributed by atoms with Crippen molar-refractivity contribution in [2.75, 3.05) is 44.2 Å². The number of para-hydroxylation sites is 1. The van der Waals surface area contributed by atoms with E-state index in [-0.39, 0.29) is 47.4 Å². The van der Waals surface area contributed by atoms with Gasteiger partial charge in [0.2, 0.25) is 17.7 Å². The monoisotopic (exact) mass is 853 g/mol. The van der Waals surface area contributed by atoms with Crippen molar-refractivity contribution in [3.8, 4) is 0 Å². The zero-order valence-electron chi connectivity index (χ0n) is 34.3. The van der Waals surface area contributed by atoms with Crippen LogP contribution in [0.25, 0.3) is 10.9 Å². The third-order valence-electron chi connectivity index (χ3n) is 14.4. The lowest BCUT2D eigenvalue weighted by atomic mass is 9.71. The number of aromatic amines is 1. The summed E-state index contributed by atoms with van der Waals surface area (Å²) in [4.78, 5) is 76.1. The van der Waals surface area contributed by atoms with Crippen molar-refractivity contribution in [2.24, 2.45) is 5.41 Å². The maximum atomic E-state index is 16.3. The van der Waals surface area contributed by atoms with E-state index in [1.807, 2.05) is 40.1 Å². The standard InChI is InChI=1S/C46H47F4N7O5/c1-26-18-32-30-4-2-3-5-36(30)51-40(32)41(56(26)25-46(48,49)50)31-7-6-29(21-35(31)47)54-14-10-45(11-15-54)12-16-55(17-13-45)39(59)24-53-22-27-19-33-34(20-28(27)23-53)44(62)57(43(33)61)37-8-9-38(58)52-42(37)60/h2-7,19-21,26,37,41,51H,8-18,22-25H2,1H3,(H,52,58,60)/t26-,37?,41-/m1/s1. The van der Waals surface area contributed by atoms with Crippen LogP contribution in [0.15, 0.2) is 54.6 Å². The molecule has 0 radical (unpaired) electrons. The molecule has 16 heteroatoms. The van der Waals surface area contributed by atoms with Gasteiger partial charge in [0, 0.05) is 79.6 Å². The summed E-state index contributed by atoms with van der Waals surface area (Å²) in [5.41, 5.74) is 5.51. The highest BCUT2D eigenvalue weighted by Gasteiger charge is 2.47. The Labute approximate surface area is 355 Å². The molecule has 0 bridgehead atoms. The van der Waals surface area contributed by atoms with Gasteiger partial charge in [0.1, 0.15) is 11.9 Å². The van der Waals surface area contributed by atoms with Gasteiger partial charge >= 0.3 is 6.18 Å². The Morgan fingerprint density at radius 3 is 2.18 bits per heavy atom. The molecule has 4 aromatic rings. The van der Waals surface area contributed by atoms with Gasteiger partial charge in [0.25, 0.3) is 11.8 Å². The van der Waals surface area contributed by atoms with E-state index in [1.165, 1.54) is 11.0 Å². The molecule has 6 aliphatic heterocycles. The third kappa shape index (κ3) is 7.04. The number of alkyl halides is 3. The maximum absolute atomic E-state index is 16.3. The first kappa shape index (κ1) is 40.5. The lowest BCUT2D eigenvalue weighted by Crippen LogP contribution is -2.54. The van der Waals surface area contributed by atoms with E-state index in [0.717, 1.165) is 58.2 Å². The predicted octanol–water partition coefficient (Wildman–Crippen LogP) is 5.83. The van der Waals surface area contributed by atoms with Gasteiger partial charge in [-0.2, -0.15) is 13.2 Å². The Bertz CT molecular complexity index is 2490. The van der Waals surface area contributed by atoms with E-state index in [0.29, 0.717) is 57.1 Å². The molecule has 5 amide bonds. The van der Waals surface area contributed by atoms with E-state index in [9.17, 15) is 37.1 Å². The first-order valence-electron chi connectivity index (χ1n) is 21.5.